The monoisotopic (exact) mass is 335 g/mol. The number of nitrogens with zero attached hydrogens (tertiary/aromatic N) is 1. The van der Waals surface area contributed by atoms with Crippen molar-refractivity contribution in [1.29, 1.82) is 0 Å². The van der Waals surface area contributed by atoms with Crippen molar-refractivity contribution in [3.05, 3.63) is 34.9 Å². The van der Waals surface area contributed by atoms with E-state index in [0.29, 0.717) is 11.4 Å². The summed E-state index contributed by atoms with van der Waals surface area (Å²) in [6.45, 7) is 4.08. The predicted octanol–water partition coefficient (Wildman–Crippen LogP) is 2.63. The Bertz CT molecular complexity index is 734. The van der Waals surface area contributed by atoms with Crippen LogP contribution < -0.4 is 0 Å². The van der Waals surface area contributed by atoms with E-state index in [2.05, 4.69) is 0 Å². The number of ether oxygens (including phenoxy) is 1. The molecule has 1 amide bonds. The second-order valence-corrected chi connectivity index (χ2v) is 6.64. The van der Waals surface area contributed by atoms with Gasteiger partial charge >= 0.3 is 5.97 Å². The molecule has 2 atom stereocenters. The van der Waals surface area contributed by atoms with Gasteiger partial charge in [-0.2, -0.15) is 0 Å². The van der Waals surface area contributed by atoms with E-state index in [4.69, 9.17) is 14.3 Å². The number of rotatable bonds is 3. The summed E-state index contributed by atoms with van der Waals surface area (Å²) >= 11 is 1.34. The first kappa shape index (κ1) is 15.8. The van der Waals surface area contributed by atoms with E-state index >= 15 is 0 Å². The van der Waals surface area contributed by atoms with Crippen LogP contribution in [0.5, 0.6) is 0 Å². The predicted molar refractivity (Wildman–Crippen MR) is 84.6 cm³/mol. The lowest BCUT2D eigenvalue weighted by molar-refractivity contribution is -0.160. The van der Waals surface area contributed by atoms with Gasteiger partial charge < -0.3 is 19.2 Å². The van der Waals surface area contributed by atoms with Gasteiger partial charge in [0.2, 0.25) is 0 Å². The van der Waals surface area contributed by atoms with Gasteiger partial charge in [-0.05, 0) is 38.1 Å². The zero-order valence-electron chi connectivity index (χ0n) is 12.8. The van der Waals surface area contributed by atoms with Gasteiger partial charge in [0.1, 0.15) is 11.5 Å². The number of hydrogen-bond donors (Lipinski definition) is 1. The summed E-state index contributed by atoms with van der Waals surface area (Å²) in [4.78, 5) is 26.7. The molecule has 6 nitrogen and oxygen atoms in total. The van der Waals surface area contributed by atoms with Gasteiger partial charge in [0.25, 0.3) is 5.91 Å². The molecule has 1 unspecified atom stereocenters. The number of thiophene rings is 1. The molecule has 1 aliphatic rings. The molecule has 2 aromatic rings. The third-order valence-corrected chi connectivity index (χ3v) is 4.71. The molecule has 2 aromatic heterocycles. The van der Waals surface area contributed by atoms with Crippen molar-refractivity contribution in [2.24, 2.45) is 0 Å². The number of morpholine rings is 1. The maximum Gasteiger partial charge on any atom is 0.334 e. The smallest absolute Gasteiger partial charge is 0.334 e. The standard InChI is InChI=1S/C16H17NO5S/c1-9-3-4-11(21-9)13-5-6-14(23-13)15(18)17-7-10(2)22-12(8-17)16(19)20/h3-6,10,12H,7-8H2,1-2H3,(H,19,20)/t10-,12?/m1/s1. The highest BCUT2D eigenvalue weighted by molar-refractivity contribution is 7.17. The summed E-state index contributed by atoms with van der Waals surface area (Å²) in [5, 5.41) is 9.11. The van der Waals surface area contributed by atoms with Crippen molar-refractivity contribution in [2.45, 2.75) is 26.1 Å². The van der Waals surface area contributed by atoms with Crippen LogP contribution in [0.3, 0.4) is 0 Å². The van der Waals surface area contributed by atoms with Crippen LogP contribution in [0.1, 0.15) is 22.4 Å². The molecule has 0 aromatic carbocycles. The van der Waals surface area contributed by atoms with E-state index in [-0.39, 0.29) is 18.6 Å². The number of carboxylic acids is 1. The number of carbonyl (C=O) groups excluding carboxylic acids is 1. The molecule has 122 valence electrons. The Morgan fingerprint density at radius 1 is 1.26 bits per heavy atom. The lowest BCUT2D eigenvalue weighted by Gasteiger charge is -2.34. The van der Waals surface area contributed by atoms with Gasteiger partial charge in [-0.15, -0.1) is 11.3 Å². The number of carbonyl (C=O) groups is 2. The maximum atomic E-state index is 12.6. The number of carboxylic acid groups (broad SMARTS) is 1. The average molecular weight is 335 g/mol. The highest BCUT2D eigenvalue weighted by Gasteiger charge is 2.33. The summed E-state index contributed by atoms with van der Waals surface area (Å²) in [5.74, 6) is 0.316. The van der Waals surface area contributed by atoms with Gasteiger partial charge in [0.05, 0.1) is 22.4 Å². The van der Waals surface area contributed by atoms with Crippen molar-refractivity contribution in [3.63, 3.8) is 0 Å². The summed E-state index contributed by atoms with van der Waals surface area (Å²) in [5.41, 5.74) is 0. The largest absolute Gasteiger partial charge is 0.479 e. The van der Waals surface area contributed by atoms with E-state index in [0.717, 1.165) is 16.4 Å². The second kappa shape index (κ2) is 6.17. The molecule has 1 N–H and O–H groups in total. The fraction of sp³-hybridized carbons (Fsp3) is 0.375. The van der Waals surface area contributed by atoms with Crippen LogP contribution in [0, 0.1) is 6.92 Å². The topological polar surface area (TPSA) is 80.0 Å². The van der Waals surface area contributed by atoms with E-state index < -0.39 is 12.1 Å². The molecule has 0 saturated carbocycles. The summed E-state index contributed by atoms with van der Waals surface area (Å²) in [7, 11) is 0. The Morgan fingerprint density at radius 3 is 2.70 bits per heavy atom. The van der Waals surface area contributed by atoms with Crippen LogP contribution in [0.2, 0.25) is 0 Å². The zero-order valence-corrected chi connectivity index (χ0v) is 13.6. The number of amides is 1. The molecule has 7 heteroatoms. The molecule has 1 saturated heterocycles. The van der Waals surface area contributed by atoms with Crippen LogP contribution in [-0.2, 0) is 9.53 Å². The van der Waals surface area contributed by atoms with Crippen LogP contribution >= 0.6 is 11.3 Å². The van der Waals surface area contributed by atoms with Crippen molar-refractivity contribution < 1.29 is 23.8 Å². The van der Waals surface area contributed by atoms with Gasteiger partial charge in [-0.3, -0.25) is 4.79 Å². The average Bonchev–Trinajstić information content (AvgIpc) is 3.14. The molecule has 3 heterocycles. The van der Waals surface area contributed by atoms with Crippen molar-refractivity contribution in [1.82, 2.24) is 4.90 Å². The van der Waals surface area contributed by atoms with E-state index in [1.54, 1.807) is 13.0 Å². The third kappa shape index (κ3) is 3.30. The third-order valence-electron chi connectivity index (χ3n) is 3.62. The van der Waals surface area contributed by atoms with Gasteiger partial charge in [-0.25, -0.2) is 4.79 Å². The number of furan rings is 1. The lowest BCUT2D eigenvalue weighted by atomic mass is 10.2. The minimum atomic E-state index is -1.05. The number of hydrogen-bond acceptors (Lipinski definition) is 5. The molecule has 0 radical (unpaired) electrons. The van der Waals surface area contributed by atoms with E-state index in [1.165, 1.54) is 16.2 Å². The van der Waals surface area contributed by atoms with E-state index in [1.807, 2.05) is 25.1 Å². The summed E-state index contributed by atoms with van der Waals surface area (Å²) in [6.07, 6.45) is -1.28. The fourth-order valence-corrected chi connectivity index (χ4v) is 3.50. The van der Waals surface area contributed by atoms with Gasteiger partial charge in [0, 0.05) is 6.54 Å². The summed E-state index contributed by atoms with van der Waals surface area (Å²) in [6, 6.07) is 7.33. The minimum absolute atomic E-state index is 0.0611. The molecular weight excluding hydrogens is 318 g/mol. The Morgan fingerprint density at radius 2 is 2.04 bits per heavy atom. The van der Waals surface area contributed by atoms with Crippen LogP contribution in [0.4, 0.5) is 0 Å². The van der Waals surface area contributed by atoms with Crippen molar-refractivity contribution in [3.8, 4) is 10.6 Å². The van der Waals surface area contributed by atoms with Gasteiger partial charge in [0.15, 0.2) is 6.10 Å². The Kier molecular flexibility index (Phi) is 4.23. The lowest BCUT2D eigenvalue weighted by Crippen LogP contribution is -2.51. The van der Waals surface area contributed by atoms with Crippen molar-refractivity contribution in [2.75, 3.05) is 13.1 Å². The number of aliphatic carboxylic acids is 1. The molecule has 1 fully saturated rings. The molecule has 3 rings (SSSR count). The Labute approximate surface area is 137 Å². The highest BCUT2D eigenvalue weighted by Crippen LogP contribution is 2.30. The van der Waals surface area contributed by atoms with E-state index in [9.17, 15) is 9.59 Å². The molecule has 23 heavy (non-hydrogen) atoms. The Hall–Kier alpha value is -2.12. The molecular formula is C16H17NO5S. The van der Waals surface area contributed by atoms with Crippen molar-refractivity contribution >= 4 is 23.2 Å². The molecule has 1 aliphatic heterocycles. The van der Waals surface area contributed by atoms with Gasteiger partial charge in [-0.1, -0.05) is 0 Å². The first-order valence-electron chi connectivity index (χ1n) is 7.28. The molecule has 0 spiro atoms. The van der Waals surface area contributed by atoms with Crippen LogP contribution in [0.15, 0.2) is 28.7 Å². The second-order valence-electron chi connectivity index (χ2n) is 5.56. The summed E-state index contributed by atoms with van der Waals surface area (Å²) < 4.78 is 10.9. The fourth-order valence-electron chi connectivity index (χ4n) is 2.56. The SMILES string of the molecule is Cc1ccc(-c2ccc(C(=O)N3CC(C(=O)O)O[C@H](C)C3)s2)o1. The number of aryl methyl sites for hydroxylation is 1. The normalized spacial score (nSPS) is 21.4. The molecule has 0 bridgehead atoms. The quantitative estimate of drug-likeness (QED) is 0.933. The Balaban J connectivity index is 1.77. The van der Waals surface area contributed by atoms with Crippen LogP contribution in [0.25, 0.3) is 10.6 Å². The minimum Gasteiger partial charge on any atom is -0.479 e. The first-order chi connectivity index (χ1) is 10.9. The zero-order chi connectivity index (χ0) is 16.6. The first-order valence-corrected chi connectivity index (χ1v) is 8.10. The highest BCUT2D eigenvalue weighted by atomic mass is 32.1. The van der Waals surface area contributed by atoms with Crippen LogP contribution in [-0.4, -0.2) is 47.2 Å². The molecule has 0 aliphatic carbocycles. The maximum absolute atomic E-state index is 12.6.